The van der Waals surface area contributed by atoms with Crippen LogP contribution in [0.1, 0.15) is 5.56 Å². The van der Waals surface area contributed by atoms with E-state index in [2.05, 4.69) is 4.98 Å². The third kappa shape index (κ3) is 2.55. The Morgan fingerprint density at radius 2 is 1.76 bits per heavy atom. The smallest absolute Gasteiger partial charge is 0.198 e. The Balaban J connectivity index is 2.07. The normalized spacial score (nSPS) is 10.8. The molecule has 0 aliphatic rings. The minimum atomic E-state index is -0.789. The standard InChI is InChI=1S/C16H12F2N2O/c17-12-7-10(9-19)8-13(18)16(12)21-14-5-1-3-11-4-2-6-20-15(11)14/h1-8H,9,19H2. The molecule has 3 aromatic rings. The van der Waals surface area contributed by atoms with Gasteiger partial charge in [0, 0.05) is 18.1 Å². The fraction of sp³-hybridized carbons (Fsp3) is 0.0625. The second-order valence-corrected chi connectivity index (χ2v) is 4.53. The van der Waals surface area contributed by atoms with Gasteiger partial charge in [0.05, 0.1) is 0 Å². The third-order valence-electron chi connectivity index (χ3n) is 3.10. The van der Waals surface area contributed by atoms with Crippen molar-refractivity contribution < 1.29 is 13.5 Å². The van der Waals surface area contributed by atoms with Crippen molar-refractivity contribution in [1.29, 1.82) is 0 Å². The topological polar surface area (TPSA) is 48.1 Å². The molecule has 0 unspecified atom stereocenters. The fourth-order valence-corrected chi connectivity index (χ4v) is 2.10. The first-order valence-corrected chi connectivity index (χ1v) is 6.38. The van der Waals surface area contributed by atoms with Gasteiger partial charge in [-0.05, 0) is 29.8 Å². The summed E-state index contributed by atoms with van der Waals surface area (Å²) in [5.74, 6) is -1.73. The molecule has 0 aliphatic heterocycles. The summed E-state index contributed by atoms with van der Waals surface area (Å²) in [6.07, 6.45) is 1.60. The van der Waals surface area contributed by atoms with Gasteiger partial charge in [-0.15, -0.1) is 0 Å². The average Bonchev–Trinajstić information content (AvgIpc) is 2.50. The maximum atomic E-state index is 13.9. The molecule has 0 saturated heterocycles. The van der Waals surface area contributed by atoms with Gasteiger partial charge in [-0.2, -0.15) is 0 Å². The SMILES string of the molecule is NCc1cc(F)c(Oc2cccc3cccnc23)c(F)c1. The molecule has 2 N–H and O–H groups in total. The van der Waals surface area contributed by atoms with Crippen LogP contribution in [0.5, 0.6) is 11.5 Å². The number of nitrogens with two attached hydrogens (primary N) is 1. The van der Waals surface area contributed by atoms with E-state index in [1.165, 1.54) is 0 Å². The number of benzene rings is 2. The van der Waals surface area contributed by atoms with E-state index in [9.17, 15) is 8.78 Å². The predicted molar refractivity (Wildman–Crippen MR) is 76.1 cm³/mol. The summed E-state index contributed by atoms with van der Waals surface area (Å²) in [6, 6.07) is 11.2. The Kier molecular flexibility index (Phi) is 3.50. The molecule has 0 bridgehead atoms. The minimum Gasteiger partial charge on any atom is -0.449 e. The fourth-order valence-electron chi connectivity index (χ4n) is 2.10. The number of hydrogen-bond acceptors (Lipinski definition) is 3. The maximum absolute atomic E-state index is 13.9. The largest absolute Gasteiger partial charge is 0.449 e. The van der Waals surface area contributed by atoms with Crippen LogP contribution in [-0.2, 0) is 6.54 Å². The van der Waals surface area contributed by atoms with E-state index in [1.807, 2.05) is 12.1 Å². The lowest BCUT2D eigenvalue weighted by molar-refractivity contribution is 0.409. The average molecular weight is 286 g/mol. The molecular formula is C16H12F2N2O. The van der Waals surface area contributed by atoms with Crippen molar-refractivity contribution in [3.8, 4) is 11.5 Å². The zero-order valence-electron chi connectivity index (χ0n) is 11.0. The molecule has 0 atom stereocenters. The first-order valence-electron chi connectivity index (χ1n) is 6.38. The molecule has 0 spiro atoms. The van der Waals surface area contributed by atoms with Crippen LogP contribution in [0.25, 0.3) is 10.9 Å². The van der Waals surface area contributed by atoms with Crippen LogP contribution < -0.4 is 10.5 Å². The van der Waals surface area contributed by atoms with E-state index >= 15 is 0 Å². The Bertz CT molecular complexity index is 777. The van der Waals surface area contributed by atoms with Gasteiger partial charge in [-0.3, -0.25) is 4.98 Å². The number of pyridine rings is 1. The first kappa shape index (κ1) is 13.5. The van der Waals surface area contributed by atoms with Crippen molar-refractivity contribution in [1.82, 2.24) is 4.98 Å². The van der Waals surface area contributed by atoms with E-state index in [1.54, 1.807) is 24.4 Å². The highest BCUT2D eigenvalue weighted by Gasteiger charge is 2.15. The van der Waals surface area contributed by atoms with Gasteiger partial charge in [0.25, 0.3) is 0 Å². The molecule has 3 rings (SSSR count). The summed E-state index contributed by atoms with van der Waals surface area (Å²) in [4.78, 5) is 4.18. The Hall–Kier alpha value is -2.53. The molecule has 3 nitrogen and oxygen atoms in total. The Morgan fingerprint density at radius 1 is 1.05 bits per heavy atom. The van der Waals surface area contributed by atoms with E-state index in [4.69, 9.17) is 10.5 Å². The minimum absolute atomic E-state index is 0.0595. The monoisotopic (exact) mass is 286 g/mol. The quantitative estimate of drug-likeness (QED) is 0.797. The van der Waals surface area contributed by atoms with E-state index in [0.717, 1.165) is 17.5 Å². The number of hydrogen-bond donors (Lipinski definition) is 1. The molecule has 2 aromatic carbocycles. The predicted octanol–water partition coefficient (Wildman–Crippen LogP) is 3.76. The van der Waals surface area contributed by atoms with Gasteiger partial charge in [-0.1, -0.05) is 18.2 Å². The number of fused-ring (bicyclic) bond motifs is 1. The number of rotatable bonds is 3. The first-order chi connectivity index (χ1) is 10.2. The van der Waals surface area contributed by atoms with Gasteiger partial charge in [0.1, 0.15) is 5.52 Å². The molecule has 21 heavy (non-hydrogen) atoms. The van der Waals surface area contributed by atoms with Crippen LogP contribution >= 0.6 is 0 Å². The van der Waals surface area contributed by atoms with Crippen LogP contribution in [-0.4, -0.2) is 4.98 Å². The number of para-hydroxylation sites is 1. The van der Waals surface area contributed by atoms with Gasteiger partial charge < -0.3 is 10.5 Å². The Labute approximate surface area is 120 Å². The van der Waals surface area contributed by atoms with Crippen LogP contribution in [0.2, 0.25) is 0 Å². The summed E-state index contributed by atoms with van der Waals surface area (Å²) in [6.45, 7) is 0.0595. The second kappa shape index (κ2) is 5.46. The Morgan fingerprint density at radius 3 is 2.48 bits per heavy atom. The van der Waals surface area contributed by atoms with Crippen molar-refractivity contribution in [2.45, 2.75) is 6.54 Å². The van der Waals surface area contributed by atoms with Gasteiger partial charge >= 0.3 is 0 Å². The molecule has 0 radical (unpaired) electrons. The van der Waals surface area contributed by atoms with E-state index in [-0.39, 0.29) is 6.54 Å². The van der Waals surface area contributed by atoms with Gasteiger partial charge in [0.2, 0.25) is 0 Å². The lowest BCUT2D eigenvalue weighted by Crippen LogP contribution is -2.00. The maximum Gasteiger partial charge on any atom is 0.198 e. The highest BCUT2D eigenvalue weighted by molar-refractivity contribution is 5.84. The highest BCUT2D eigenvalue weighted by atomic mass is 19.1. The summed E-state index contributed by atoms with van der Waals surface area (Å²) in [5, 5.41) is 0.828. The summed E-state index contributed by atoms with van der Waals surface area (Å²) < 4.78 is 33.3. The van der Waals surface area contributed by atoms with Gasteiger partial charge in [0.15, 0.2) is 23.1 Å². The van der Waals surface area contributed by atoms with E-state index in [0.29, 0.717) is 16.8 Å². The molecule has 0 fully saturated rings. The summed E-state index contributed by atoms with van der Waals surface area (Å²) in [7, 11) is 0. The molecular weight excluding hydrogens is 274 g/mol. The second-order valence-electron chi connectivity index (χ2n) is 4.53. The molecule has 5 heteroatoms. The van der Waals surface area contributed by atoms with Crippen LogP contribution in [0.3, 0.4) is 0 Å². The summed E-state index contributed by atoms with van der Waals surface area (Å²) >= 11 is 0. The summed E-state index contributed by atoms with van der Waals surface area (Å²) in [5.41, 5.74) is 6.29. The molecule has 1 aromatic heterocycles. The van der Waals surface area contributed by atoms with Crippen molar-refractivity contribution in [2.75, 3.05) is 0 Å². The van der Waals surface area contributed by atoms with Crippen LogP contribution in [0.15, 0.2) is 48.7 Å². The number of halogens is 2. The number of aromatic nitrogens is 1. The highest BCUT2D eigenvalue weighted by Crippen LogP contribution is 2.32. The third-order valence-corrected chi connectivity index (χ3v) is 3.10. The number of ether oxygens (including phenoxy) is 1. The lowest BCUT2D eigenvalue weighted by Gasteiger charge is -2.11. The molecule has 0 saturated carbocycles. The zero-order chi connectivity index (χ0) is 14.8. The zero-order valence-corrected chi connectivity index (χ0v) is 11.0. The molecule has 106 valence electrons. The van der Waals surface area contributed by atoms with Crippen LogP contribution in [0.4, 0.5) is 8.78 Å². The van der Waals surface area contributed by atoms with Crippen molar-refractivity contribution in [2.24, 2.45) is 5.73 Å². The van der Waals surface area contributed by atoms with Crippen LogP contribution in [0, 0.1) is 11.6 Å². The lowest BCUT2D eigenvalue weighted by atomic mass is 10.2. The number of nitrogens with zero attached hydrogens (tertiary/aromatic N) is 1. The molecule has 0 aliphatic carbocycles. The van der Waals surface area contributed by atoms with E-state index < -0.39 is 17.4 Å². The van der Waals surface area contributed by atoms with Gasteiger partial charge in [-0.25, -0.2) is 8.78 Å². The van der Waals surface area contributed by atoms with Crippen molar-refractivity contribution >= 4 is 10.9 Å². The molecule has 0 amide bonds. The van der Waals surface area contributed by atoms with Crippen molar-refractivity contribution in [3.05, 3.63) is 65.9 Å². The van der Waals surface area contributed by atoms with Crippen molar-refractivity contribution in [3.63, 3.8) is 0 Å². The molecule has 1 heterocycles.